The number of aliphatic carboxylic acids is 1. The fraction of sp³-hybridized carbons (Fsp3) is 0.778. The summed E-state index contributed by atoms with van der Waals surface area (Å²) in [6.45, 7) is 3.54. The summed E-state index contributed by atoms with van der Waals surface area (Å²) in [7, 11) is -3.91. The molecule has 0 spiro atoms. The van der Waals surface area contributed by atoms with Crippen LogP contribution in [0.15, 0.2) is 0 Å². The van der Waals surface area contributed by atoms with E-state index >= 15 is 0 Å². The first-order chi connectivity index (χ1) is 7.31. The van der Waals surface area contributed by atoms with Gasteiger partial charge in [-0.05, 0) is 13.3 Å². The number of carboxylic acids is 1. The van der Waals surface area contributed by atoms with Crippen molar-refractivity contribution in [1.82, 2.24) is 5.32 Å². The van der Waals surface area contributed by atoms with Crippen LogP contribution in [0, 0.1) is 0 Å². The number of nitrogens with one attached hydrogen (secondary N) is 1. The summed E-state index contributed by atoms with van der Waals surface area (Å²) < 4.78 is 22.7. The smallest absolute Gasteiger partial charge is 0.318 e. The summed E-state index contributed by atoms with van der Waals surface area (Å²) in [6, 6.07) is 0. The fourth-order valence-corrected chi connectivity index (χ4v) is 2.00. The number of hydrogen-bond donors (Lipinski definition) is 2. The van der Waals surface area contributed by atoms with E-state index in [1.54, 1.807) is 0 Å². The van der Waals surface area contributed by atoms with Gasteiger partial charge in [-0.15, -0.1) is 0 Å². The quantitative estimate of drug-likeness (QED) is 0.610. The molecule has 0 saturated heterocycles. The number of sulfone groups is 1. The molecule has 0 heterocycles. The second-order valence-corrected chi connectivity index (χ2v) is 5.81. The maximum atomic E-state index is 11.4. The van der Waals surface area contributed by atoms with E-state index in [0.29, 0.717) is 6.54 Å². The molecule has 6 nitrogen and oxygen atoms in total. The van der Waals surface area contributed by atoms with Crippen LogP contribution in [0.25, 0.3) is 0 Å². The Bertz CT molecular complexity index is 349. The molecule has 0 radical (unpaired) electrons. The van der Waals surface area contributed by atoms with E-state index in [0.717, 1.165) is 12.8 Å². The standard InChI is InChI=1S/C9H17NO5S/c1-3-4-5-10-9(13)7(2)16(14,15)6-8(11)12/h7H,3-6H2,1-2H3,(H,10,13)(H,11,12). The lowest BCUT2D eigenvalue weighted by molar-refractivity contribution is -0.134. The lowest BCUT2D eigenvalue weighted by Crippen LogP contribution is -2.40. The predicted octanol–water partition coefficient (Wildman–Crippen LogP) is -0.209. The van der Waals surface area contributed by atoms with Crippen LogP contribution in [0.5, 0.6) is 0 Å². The van der Waals surface area contributed by atoms with E-state index in [4.69, 9.17) is 5.11 Å². The molecule has 1 amide bonds. The van der Waals surface area contributed by atoms with Crippen molar-refractivity contribution in [1.29, 1.82) is 0 Å². The molecule has 0 aliphatic carbocycles. The Labute approximate surface area is 95.0 Å². The monoisotopic (exact) mass is 251 g/mol. The van der Waals surface area contributed by atoms with Crippen molar-refractivity contribution >= 4 is 21.7 Å². The zero-order valence-corrected chi connectivity index (χ0v) is 10.2. The van der Waals surface area contributed by atoms with Crippen LogP contribution in [-0.2, 0) is 19.4 Å². The molecular weight excluding hydrogens is 234 g/mol. The zero-order chi connectivity index (χ0) is 12.8. The van der Waals surface area contributed by atoms with Gasteiger partial charge in [0, 0.05) is 6.54 Å². The van der Waals surface area contributed by atoms with Crippen molar-refractivity contribution < 1.29 is 23.1 Å². The van der Waals surface area contributed by atoms with E-state index in [9.17, 15) is 18.0 Å². The van der Waals surface area contributed by atoms with E-state index in [-0.39, 0.29) is 0 Å². The van der Waals surface area contributed by atoms with E-state index in [2.05, 4.69) is 5.32 Å². The van der Waals surface area contributed by atoms with Gasteiger partial charge in [0.05, 0.1) is 0 Å². The highest BCUT2D eigenvalue weighted by molar-refractivity contribution is 7.93. The van der Waals surface area contributed by atoms with Gasteiger partial charge in [-0.1, -0.05) is 13.3 Å². The van der Waals surface area contributed by atoms with Crippen LogP contribution >= 0.6 is 0 Å². The van der Waals surface area contributed by atoms with E-state index in [1.807, 2.05) is 6.92 Å². The van der Waals surface area contributed by atoms with Gasteiger partial charge in [-0.2, -0.15) is 0 Å². The molecule has 1 atom stereocenters. The maximum Gasteiger partial charge on any atom is 0.318 e. The minimum Gasteiger partial charge on any atom is -0.480 e. The van der Waals surface area contributed by atoms with Crippen LogP contribution in [0.1, 0.15) is 26.7 Å². The van der Waals surface area contributed by atoms with Gasteiger partial charge in [0.1, 0.15) is 11.0 Å². The Kier molecular flexibility index (Phi) is 6.02. The summed E-state index contributed by atoms with van der Waals surface area (Å²) in [4.78, 5) is 21.7. The van der Waals surface area contributed by atoms with Crippen LogP contribution in [0.3, 0.4) is 0 Å². The predicted molar refractivity (Wildman–Crippen MR) is 58.8 cm³/mol. The first-order valence-corrected chi connectivity index (χ1v) is 6.74. The first kappa shape index (κ1) is 14.9. The van der Waals surface area contributed by atoms with Crippen molar-refractivity contribution in [2.75, 3.05) is 12.3 Å². The average molecular weight is 251 g/mol. The highest BCUT2D eigenvalue weighted by Crippen LogP contribution is 2.02. The summed E-state index contributed by atoms with van der Waals surface area (Å²) in [5.74, 6) is -3.11. The molecule has 0 saturated carbocycles. The highest BCUT2D eigenvalue weighted by atomic mass is 32.2. The van der Waals surface area contributed by atoms with Crippen LogP contribution in [-0.4, -0.2) is 42.9 Å². The number of hydrogen-bond acceptors (Lipinski definition) is 4. The highest BCUT2D eigenvalue weighted by Gasteiger charge is 2.29. The molecule has 2 N–H and O–H groups in total. The van der Waals surface area contributed by atoms with Gasteiger partial charge in [0.2, 0.25) is 5.91 Å². The first-order valence-electron chi connectivity index (χ1n) is 5.02. The van der Waals surface area contributed by atoms with Crippen molar-refractivity contribution in [3.05, 3.63) is 0 Å². The lowest BCUT2D eigenvalue weighted by atomic mass is 10.3. The minimum absolute atomic E-state index is 0.405. The molecule has 0 rings (SSSR count). The summed E-state index contributed by atoms with van der Waals surface area (Å²) >= 11 is 0. The van der Waals surface area contributed by atoms with Gasteiger partial charge in [-0.25, -0.2) is 8.42 Å². The molecule has 0 fully saturated rings. The summed E-state index contributed by atoms with van der Waals surface area (Å²) in [6.07, 6.45) is 1.65. The van der Waals surface area contributed by atoms with Gasteiger partial charge in [0.25, 0.3) is 0 Å². The Morgan fingerprint density at radius 1 is 1.38 bits per heavy atom. The molecule has 0 aliphatic heterocycles. The zero-order valence-electron chi connectivity index (χ0n) is 9.39. The van der Waals surface area contributed by atoms with Crippen molar-refractivity contribution in [2.24, 2.45) is 0 Å². The van der Waals surface area contributed by atoms with Gasteiger partial charge in [0.15, 0.2) is 9.84 Å². The van der Waals surface area contributed by atoms with Gasteiger partial charge < -0.3 is 10.4 Å². The Morgan fingerprint density at radius 3 is 2.38 bits per heavy atom. The lowest BCUT2D eigenvalue weighted by Gasteiger charge is -2.11. The molecule has 0 aromatic heterocycles. The van der Waals surface area contributed by atoms with Gasteiger partial charge in [-0.3, -0.25) is 9.59 Å². The summed E-state index contributed by atoms with van der Waals surface area (Å²) in [5, 5.41) is 9.52. The number of unbranched alkanes of at least 4 members (excludes halogenated alkanes) is 1. The molecule has 0 aromatic rings. The molecule has 16 heavy (non-hydrogen) atoms. The largest absolute Gasteiger partial charge is 0.480 e. The minimum atomic E-state index is -3.91. The second-order valence-electron chi connectivity index (χ2n) is 3.49. The molecule has 1 unspecified atom stereocenters. The molecule has 0 aromatic carbocycles. The van der Waals surface area contributed by atoms with Crippen LogP contribution in [0.2, 0.25) is 0 Å². The normalized spacial score (nSPS) is 13.1. The third-order valence-electron chi connectivity index (χ3n) is 2.06. The molecule has 7 heteroatoms. The molecule has 0 bridgehead atoms. The number of rotatable bonds is 7. The average Bonchev–Trinajstić information content (AvgIpc) is 2.14. The number of amides is 1. The second kappa shape index (κ2) is 6.47. The molecular formula is C9H17NO5S. The third-order valence-corrected chi connectivity index (χ3v) is 4.00. The SMILES string of the molecule is CCCCNC(=O)C(C)S(=O)(=O)CC(=O)O. The summed E-state index contributed by atoms with van der Waals surface area (Å²) in [5.41, 5.74) is 0. The topological polar surface area (TPSA) is 101 Å². The van der Waals surface area contributed by atoms with E-state index < -0.39 is 32.7 Å². The van der Waals surface area contributed by atoms with Crippen molar-refractivity contribution in [2.45, 2.75) is 31.9 Å². The molecule has 0 aliphatic rings. The van der Waals surface area contributed by atoms with E-state index in [1.165, 1.54) is 6.92 Å². The Balaban J connectivity index is 4.37. The molecule has 94 valence electrons. The number of carbonyl (C=O) groups excluding carboxylic acids is 1. The Morgan fingerprint density at radius 2 is 1.94 bits per heavy atom. The number of carboxylic acid groups (broad SMARTS) is 1. The fourth-order valence-electron chi connectivity index (χ4n) is 0.992. The van der Waals surface area contributed by atoms with Crippen molar-refractivity contribution in [3.63, 3.8) is 0 Å². The van der Waals surface area contributed by atoms with Gasteiger partial charge >= 0.3 is 5.97 Å². The van der Waals surface area contributed by atoms with Crippen molar-refractivity contribution in [3.8, 4) is 0 Å². The third kappa shape index (κ3) is 5.11. The maximum absolute atomic E-state index is 11.4. The van der Waals surface area contributed by atoms with Crippen LogP contribution in [0.4, 0.5) is 0 Å². The van der Waals surface area contributed by atoms with Crippen LogP contribution < -0.4 is 5.32 Å². The Hall–Kier alpha value is -1.11. The number of carbonyl (C=O) groups is 2.